The Hall–Kier alpha value is -3.16. The van der Waals surface area contributed by atoms with Crippen molar-refractivity contribution in [3.8, 4) is 0 Å². The van der Waals surface area contributed by atoms with Crippen LogP contribution in [0.3, 0.4) is 0 Å². The summed E-state index contributed by atoms with van der Waals surface area (Å²) < 4.78 is 5.04. The van der Waals surface area contributed by atoms with Crippen molar-refractivity contribution in [2.75, 3.05) is 43.0 Å². The zero-order chi connectivity index (χ0) is 19.2. The highest BCUT2D eigenvalue weighted by Crippen LogP contribution is 2.17. The molecule has 142 valence electrons. The number of aromatic nitrogens is 2. The van der Waals surface area contributed by atoms with Crippen molar-refractivity contribution < 1.29 is 14.3 Å². The van der Waals surface area contributed by atoms with Crippen LogP contribution in [-0.4, -0.2) is 59.7 Å². The number of para-hydroxylation sites is 1. The van der Waals surface area contributed by atoms with Gasteiger partial charge >= 0.3 is 6.09 Å². The van der Waals surface area contributed by atoms with E-state index in [4.69, 9.17) is 4.74 Å². The van der Waals surface area contributed by atoms with Crippen molar-refractivity contribution in [2.45, 2.75) is 13.8 Å². The summed E-state index contributed by atoms with van der Waals surface area (Å²) in [7, 11) is 0. The first-order valence-electron chi connectivity index (χ1n) is 8.95. The molecule has 8 nitrogen and oxygen atoms in total. The van der Waals surface area contributed by atoms with Crippen molar-refractivity contribution in [1.82, 2.24) is 14.9 Å². The van der Waals surface area contributed by atoms with Crippen LogP contribution in [0.5, 0.6) is 0 Å². The minimum Gasteiger partial charge on any atom is -0.450 e. The summed E-state index contributed by atoms with van der Waals surface area (Å²) in [6, 6.07) is 10.9. The van der Waals surface area contributed by atoms with Gasteiger partial charge in [-0.1, -0.05) is 18.2 Å². The maximum atomic E-state index is 12.5. The third kappa shape index (κ3) is 4.72. The maximum absolute atomic E-state index is 12.5. The number of benzene rings is 1. The molecule has 2 heterocycles. The molecule has 2 amide bonds. The number of carbonyl (C=O) groups is 2. The van der Waals surface area contributed by atoms with E-state index in [0.29, 0.717) is 55.8 Å². The number of amides is 2. The average Bonchev–Trinajstić information content (AvgIpc) is 2.68. The van der Waals surface area contributed by atoms with Gasteiger partial charge in [0.15, 0.2) is 0 Å². The largest absolute Gasteiger partial charge is 0.450 e. The second kappa shape index (κ2) is 8.48. The summed E-state index contributed by atoms with van der Waals surface area (Å²) in [5, 5.41) is 2.83. The van der Waals surface area contributed by atoms with Crippen molar-refractivity contribution in [1.29, 1.82) is 0 Å². The number of hydrogen-bond donors (Lipinski definition) is 1. The quantitative estimate of drug-likeness (QED) is 0.890. The van der Waals surface area contributed by atoms with Crippen LogP contribution in [0.2, 0.25) is 0 Å². The summed E-state index contributed by atoms with van der Waals surface area (Å²) in [6.07, 6.45) is -0.293. The lowest BCUT2D eigenvalue weighted by atomic mass is 10.2. The predicted molar refractivity (Wildman–Crippen MR) is 102 cm³/mol. The van der Waals surface area contributed by atoms with E-state index in [-0.39, 0.29) is 12.0 Å². The summed E-state index contributed by atoms with van der Waals surface area (Å²) in [6.45, 7) is 6.26. The predicted octanol–water partition coefficient (Wildman–Crippen LogP) is 2.32. The van der Waals surface area contributed by atoms with Crippen LogP contribution >= 0.6 is 0 Å². The first-order chi connectivity index (χ1) is 13.1. The van der Waals surface area contributed by atoms with Gasteiger partial charge < -0.3 is 19.9 Å². The van der Waals surface area contributed by atoms with Gasteiger partial charge in [-0.3, -0.25) is 4.79 Å². The third-order valence-electron chi connectivity index (χ3n) is 4.22. The number of aryl methyl sites for hydroxylation is 1. The number of ether oxygens (including phenoxy) is 1. The Kier molecular flexibility index (Phi) is 5.85. The van der Waals surface area contributed by atoms with Gasteiger partial charge in [-0.15, -0.1) is 0 Å². The van der Waals surface area contributed by atoms with Crippen LogP contribution in [-0.2, 0) is 4.74 Å². The minimum absolute atomic E-state index is 0.280. The highest BCUT2D eigenvalue weighted by atomic mass is 16.6. The third-order valence-corrected chi connectivity index (χ3v) is 4.22. The van der Waals surface area contributed by atoms with E-state index in [1.807, 2.05) is 35.2 Å². The summed E-state index contributed by atoms with van der Waals surface area (Å²) in [4.78, 5) is 36.8. The van der Waals surface area contributed by atoms with E-state index in [1.54, 1.807) is 24.8 Å². The highest BCUT2D eigenvalue weighted by molar-refractivity contribution is 6.03. The lowest BCUT2D eigenvalue weighted by Crippen LogP contribution is -2.49. The first-order valence-corrected chi connectivity index (χ1v) is 8.95. The molecule has 1 saturated heterocycles. The molecular formula is C19H23N5O3. The molecular weight excluding hydrogens is 346 g/mol. The van der Waals surface area contributed by atoms with Gasteiger partial charge in [-0.25, -0.2) is 14.8 Å². The Labute approximate surface area is 158 Å². The van der Waals surface area contributed by atoms with Crippen LogP contribution in [0.1, 0.15) is 23.2 Å². The van der Waals surface area contributed by atoms with Gasteiger partial charge in [0.1, 0.15) is 17.3 Å². The van der Waals surface area contributed by atoms with E-state index < -0.39 is 0 Å². The molecule has 1 N–H and O–H groups in total. The molecule has 0 radical (unpaired) electrons. The second-order valence-electron chi connectivity index (χ2n) is 6.15. The standard InChI is InChI=1S/C19H23N5O3/c1-3-27-19(26)24-11-9-23(10-12-24)17-13-16(20-14(2)21-17)18(25)22-15-7-5-4-6-8-15/h4-8,13H,3,9-12H2,1-2H3,(H,22,25). The lowest BCUT2D eigenvalue weighted by Gasteiger charge is -2.34. The molecule has 0 spiro atoms. The molecule has 2 aromatic rings. The van der Waals surface area contributed by atoms with E-state index in [0.717, 1.165) is 0 Å². The van der Waals surface area contributed by atoms with E-state index in [1.165, 1.54) is 0 Å². The Morgan fingerprint density at radius 1 is 1.11 bits per heavy atom. The number of hydrogen-bond acceptors (Lipinski definition) is 6. The summed E-state index contributed by atoms with van der Waals surface area (Å²) in [5.41, 5.74) is 1.03. The molecule has 1 fully saturated rings. The van der Waals surface area contributed by atoms with Gasteiger partial charge in [0.25, 0.3) is 5.91 Å². The molecule has 8 heteroatoms. The van der Waals surface area contributed by atoms with Crippen LogP contribution < -0.4 is 10.2 Å². The molecule has 0 bridgehead atoms. The fourth-order valence-corrected chi connectivity index (χ4v) is 2.88. The minimum atomic E-state index is -0.293. The van der Waals surface area contributed by atoms with Gasteiger partial charge in [0, 0.05) is 37.9 Å². The van der Waals surface area contributed by atoms with Gasteiger partial charge in [-0.05, 0) is 26.0 Å². The van der Waals surface area contributed by atoms with Gasteiger partial charge in [-0.2, -0.15) is 0 Å². The van der Waals surface area contributed by atoms with Gasteiger partial charge in [0.2, 0.25) is 0 Å². The molecule has 0 atom stereocenters. The molecule has 1 aromatic carbocycles. The lowest BCUT2D eigenvalue weighted by molar-refractivity contribution is 0.102. The monoisotopic (exact) mass is 369 g/mol. The molecule has 1 aromatic heterocycles. The zero-order valence-electron chi connectivity index (χ0n) is 15.5. The number of nitrogens with one attached hydrogen (secondary N) is 1. The summed E-state index contributed by atoms with van der Waals surface area (Å²) in [5.74, 6) is 0.931. The Morgan fingerprint density at radius 2 is 1.81 bits per heavy atom. The zero-order valence-corrected chi connectivity index (χ0v) is 15.5. The normalized spacial score (nSPS) is 14.0. The van der Waals surface area contributed by atoms with E-state index >= 15 is 0 Å². The van der Waals surface area contributed by atoms with Crippen molar-refractivity contribution >= 4 is 23.5 Å². The van der Waals surface area contributed by atoms with Gasteiger partial charge in [0.05, 0.1) is 6.61 Å². The second-order valence-corrected chi connectivity index (χ2v) is 6.15. The molecule has 3 rings (SSSR count). The van der Waals surface area contributed by atoms with Crippen molar-refractivity contribution in [2.24, 2.45) is 0 Å². The average molecular weight is 369 g/mol. The molecule has 27 heavy (non-hydrogen) atoms. The fraction of sp³-hybridized carbons (Fsp3) is 0.368. The Balaban J connectivity index is 1.69. The smallest absolute Gasteiger partial charge is 0.409 e. The van der Waals surface area contributed by atoms with E-state index in [9.17, 15) is 9.59 Å². The maximum Gasteiger partial charge on any atom is 0.409 e. The fourth-order valence-electron chi connectivity index (χ4n) is 2.88. The molecule has 0 aliphatic carbocycles. The molecule has 1 aliphatic heterocycles. The van der Waals surface area contributed by atoms with Crippen molar-refractivity contribution in [3.05, 3.63) is 47.9 Å². The number of piperazine rings is 1. The Bertz CT molecular complexity index is 804. The van der Waals surface area contributed by atoms with E-state index in [2.05, 4.69) is 15.3 Å². The highest BCUT2D eigenvalue weighted by Gasteiger charge is 2.23. The SMILES string of the molecule is CCOC(=O)N1CCN(c2cc(C(=O)Nc3ccccc3)nc(C)n2)CC1. The number of rotatable bonds is 4. The van der Waals surface area contributed by atoms with Crippen LogP contribution in [0.4, 0.5) is 16.3 Å². The topological polar surface area (TPSA) is 87.7 Å². The van der Waals surface area contributed by atoms with Crippen molar-refractivity contribution in [3.63, 3.8) is 0 Å². The van der Waals surface area contributed by atoms with Crippen LogP contribution in [0, 0.1) is 6.92 Å². The molecule has 0 saturated carbocycles. The van der Waals surface area contributed by atoms with Crippen LogP contribution in [0.15, 0.2) is 36.4 Å². The Morgan fingerprint density at radius 3 is 2.48 bits per heavy atom. The number of nitrogens with zero attached hydrogens (tertiary/aromatic N) is 4. The van der Waals surface area contributed by atoms with Crippen LogP contribution in [0.25, 0.3) is 0 Å². The first kappa shape index (κ1) is 18.6. The summed E-state index contributed by atoms with van der Waals surface area (Å²) >= 11 is 0. The number of anilines is 2. The number of carbonyl (C=O) groups excluding carboxylic acids is 2. The molecule has 1 aliphatic rings. The molecule has 0 unspecified atom stereocenters.